The van der Waals surface area contributed by atoms with Gasteiger partial charge in [0.05, 0.1) is 12.5 Å². The molecule has 6 nitrogen and oxygen atoms in total. The molecule has 0 saturated carbocycles. The molecular weight excluding hydrogens is 272 g/mol. The molecule has 1 unspecified atom stereocenters. The first-order chi connectivity index (χ1) is 9.82. The molecule has 1 aromatic carbocycles. The Kier molecular flexibility index (Phi) is 5.58. The second-order valence-electron chi connectivity index (χ2n) is 5.21. The van der Waals surface area contributed by atoms with Crippen LogP contribution in [0.25, 0.3) is 0 Å². The molecule has 0 aliphatic heterocycles. The van der Waals surface area contributed by atoms with Crippen LogP contribution in [0.2, 0.25) is 0 Å². The second-order valence-corrected chi connectivity index (χ2v) is 5.21. The van der Waals surface area contributed by atoms with Crippen molar-refractivity contribution in [3.05, 3.63) is 23.8 Å². The Hall–Kier alpha value is -2.24. The summed E-state index contributed by atoms with van der Waals surface area (Å²) in [4.78, 5) is 23.0. The minimum absolute atomic E-state index is 0.0692. The molecule has 1 atom stereocenters. The smallest absolute Gasteiger partial charge is 0.319 e. The van der Waals surface area contributed by atoms with Crippen molar-refractivity contribution >= 4 is 17.7 Å². The molecule has 0 bridgehead atoms. The van der Waals surface area contributed by atoms with Crippen LogP contribution in [0.3, 0.4) is 0 Å². The van der Waals surface area contributed by atoms with E-state index in [2.05, 4.69) is 10.6 Å². The largest absolute Gasteiger partial charge is 0.496 e. The zero-order valence-electron chi connectivity index (χ0n) is 12.8. The summed E-state index contributed by atoms with van der Waals surface area (Å²) < 4.78 is 5.14. The van der Waals surface area contributed by atoms with E-state index in [4.69, 9.17) is 9.84 Å². The fraction of sp³-hybridized carbons (Fsp3) is 0.467. The fourth-order valence-corrected chi connectivity index (χ4v) is 1.76. The number of methoxy groups -OCH3 is 1. The van der Waals surface area contributed by atoms with Crippen molar-refractivity contribution in [1.29, 1.82) is 0 Å². The highest BCUT2D eigenvalue weighted by atomic mass is 16.5. The van der Waals surface area contributed by atoms with E-state index in [0.29, 0.717) is 12.1 Å². The molecule has 0 radical (unpaired) electrons. The number of carbonyl (C=O) groups is 2. The number of hydrogen-bond donors (Lipinski definition) is 3. The van der Waals surface area contributed by atoms with Crippen LogP contribution < -0.4 is 15.4 Å². The maximum absolute atomic E-state index is 11.8. The molecule has 116 valence electrons. The molecule has 1 rings (SSSR count). The molecular formula is C15H22N2O4. The monoisotopic (exact) mass is 294 g/mol. The summed E-state index contributed by atoms with van der Waals surface area (Å²) in [6.45, 7) is 5.33. The number of urea groups is 1. The van der Waals surface area contributed by atoms with Crippen LogP contribution in [-0.4, -0.2) is 30.8 Å². The molecule has 1 aromatic rings. The maximum Gasteiger partial charge on any atom is 0.319 e. The molecule has 3 N–H and O–H groups in total. The van der Waals surface area contributed by atoms with Gasteiger partial charge in [0.15, 0.2) is 0 Å². The van der Waals surface area contributed by atoms with Gasteiger partial charge in [0.2, 0.25) is 0 Å². The second kappa shape index (κ2) is 6.97. The van der Waals surface area contributed by atoms with Gasteiger partial charge in [0.1, 0.15) is 5.75 Å². The number of hydrogen-bond acceptors (Lipinski definition) is 3. The van der Waals surface area contributed by atoms with E-state index < -0.39 is 17.4 Å². The van der Waals surface area contributed by atoms with Crippen molar-refractivity contribution in [1.82, 2.24) is 5.32 Å². The van der Waals surface area contributed by atoms with Gasteiger partial charge < -0.3 is 20.5 Å². The number of aliphatic carboxylic acids is 1. The molecule has 2 amide bonds. The number of nitrogens with one attached hydrogen (secondary N) is 2. The van der Waals surface area contributed by atoms with Crippen molar-refractivity contribution in [2.45, 2.75) is 27.2 Å². The number of anilines is 1. The minimum atomic E-state index is -0.965. The lowest BCUT2D eigenvalue weighted by atomic mass is 9.88. The Bertz CT molecular complexity index is 530. The number of carboxylic acid groups (broad SMARTS) is 1. The van der Waals surface area contributed by atoms with Gasteiger partial charge >= 0.3 is 12.0 Å². The zero-order valence-corrected chi connectivity index (χ0v) is 12.8. The summed E-state index contributed by atoms with van der Waals surface area (Å²) >= 11 is 0. The fourth-order valence-electron chi connectivity index (χ4n) is 1.76. The third-order valence-electron chi connectivity index (χ3n) is 3.59. The van der Waals surface area contributed by atoms with Gasteiger partial charge in [-0.1, -0.05) is 6.92 Å². The summed E-state index contributed by atoms with van der Waals surface area (Å²) in [7, 11) is 1.58. The predicted molar refractivity (Wildman–Crippen MR) is 80.8 cm³/mol. The standard InChI is InChI=1S/C15H22N2O4/c1-5-15(3,13(18)19)9-16-14(20)17-11-6-7-12(21-4)10(2)8-11/h6-8H,5,9H2,1-4H3,(H,18,19)(H2,16,17,20). The molecule has 0 aliphatic carbocycles. The minimum Gasteiger partial charge on any atom is -0.496 e. The van der Waals surface area contributed by atoms with Gasteiger partial charge in [-0.3, -0.25) is 4.79 Å². The van der Waals surface area contributed by atoms with Crippen LogP contribution in [0.4, 0.5) is 10.5 Å². The number of carboxylic acids is 1. The number of benzene rings is 1. The first-order valence-electron chi connectivity index (χ1n) is 6.75. The average Bonchev–Trinajstić information content (AvgIpc) is 2.44. The summed E-state index contributed by atoms with van der Waals surface area (Å²) in [5, 5.41) is 14.4. The van der Waals surface area contributed by atoms with E-state index in [9.17, 15) is 9.59 Å². The van der Waals surface area contributed by atoms with E-state index >= 15 is 0 Å². The topological polar surface area (TPSA) is 87.7 Å². The lowest BCUT2D eigenvalue weighted by Gasteiger charge is -2.23. The van der Waals surface area contributed by atoms with Crippen LogP contribution in [0.5, 0.6) is 5.75 Å². The van der Waals surface area contributed by atoms with E-state index in [1.54, 1.807) is 39.2 Å². The van der Waals surface area contributed by atoms with Gasteiger partial charge in [0.25, 0.3) is 0 Å². The number of ether oxygens (including phenoxy) is 1. The van der Waals surface area contributed by atoms with Crippen molar-refractivity contribution in [3.8, 4) is 5.75 Å². The van der Waals surface area contributed by atoms with Crippen molar-refractivity contribution in [2.75, 3.05) is 19.0 Å². The summed E-state index contributed by atoms with van der Waals surface area (Å²) in [6.07, 6.45) is 0.435. The Morgan fingerprint density at radius 2 is 2.05 bits per heavy atom. The Morgan fingerprint density at radius 3 is 2.52 bits per heavy atom. The lowest BCUT2D eigenvalue weighted by Crippen LogP contribution is -2.42. The normalized spacial score (nSPS) is 13.1. The van der Waals surface area contributed by atoms with E-state index in [1.165, 1.54) is 0 Å². The Labute approximate surface area is 124 Å². The quantitative estimate of drug-likeness (QED) is 0.752. The highest BCUT2D eigenvalue weighted by Crippen LogP contribution is 2.22. The summed E-state index contributed by atoms with van der Waals surface area (Å²) in [5.74, 6) is -0.184. The number of rotatable bonds is 6. The molecule has 0 spiro atoms. The SMILES string of the molecule is CCC(C)(CNC(=O)Nc1ccc(OC)c(C)c1)C(=O)O. The number of amides is 2. The van der Waals surface area contributed by atoms with Gasteiger partial charge in [-0.05, 0) is 44.0 Å². The molecule has 0 aliphatic rings. The Morgan fingerprint density at radius 1 is 1.38 bits per heavy atom. The highest BCUT2D eigenvalue weighted by molar-refractivity contribution is 5.90. The highest BCUT2D eigenvalue weighted by Gasteiger charge is 2.31. The Balaban J connectivity index is 2.62. The molecule has 0 saturated heterocycles. The van der Waals surface area contributed by atoms with Gasteiger partial charge in [-0.15, -0.1) is 0 Å². The first kappa shape index (κ1) is 16.8. The lowest BCUT2D eigenvalue weighted by molar-refractivity contribution is -0.147. The molecule has 0 heterocycles. The summed E-state index contributed by atoms with van der Waals surface area (Å²) in [5.41, 5.74) is 0.561. The summed E-state index contributed by atoms with van der Waals surface area (Å²) in [6, 6.07) is 4.84. The van der Waals surface area contributed by atoms with Crippen molar-refractivity contribution in [2.24, 2.45) is 5.41 Å². The maximum atomic E-state index is 11.8. The molecule has 21 heavy (non-hydrogen) atoms. The zero-order chi connectivity index (χ0) is 16.0. The van der Waals surface area contributed by atoms with Crippen LogP contribution in [0.15, 0.2) is 18.2 Å². The van der Waals surface area contributed by atoms with Gasteiger partial charge in [-0.2, -0.15) is 0 Å². The van der Waals surface area contributed by atoms with Crippen molar-refractivity contribution < 1.29 is 19.4 Å². The van der Waals surface area contributed by atoms with E-state index in [1.807, 2.05) is 6.92 Å². The van der Waals surface area contributed by atoms with Gasteiger partial charge in [0, 0.05) is 12.2 Å². The number of carbonyl (C=O) groups excluding carboxylic acids is 1. The molecule has 0 aromatic heterocycles. The van der Waals surface area contributed by atoms with E-state index in [0.717, 1.165) is 11.3 Å². The van der Waals surface area contributed by atoms with Crippen LogP contribution >= 0.6 is 0 Å². The predicted octanol–water partition coefficient (Wildman–Crippen LogP) is 2.63. The van der Waals surface area contributed by atoms with Crippen LogP contribution in [0.1, 0.15) is 25.8 Å². The molecule has 6 heteroatoms. The number of aryl methyl sites for hydroxylation is 1. The average molecular weight is 294 g/mol. The van der Waals surface area contributed by atoms with Crippen molar-refractivity contribution in [3.63, 3.8) is 0 Å². The molecule has 0 fully saturated rings. The first-order valence-corrected chi connectivity index (χ1v) is 6.75. The van der Waals surface area contributed by atoms with E-state index in [-0.39, 0.29) is 6.54 Å². The third-order valence-corrected chi connectivity index (χ3v) is 3.59. The van der Waals surface area contributed by atoms with Crippen LogP contribution in [0, 0.1) is 12.3 Å². The van der Waals surface area contributed by atoms with Gasteiger partial charge in [-0.25, -0.2) is 4.79 Å². The third kappa shape index (κ3) is 4.37. The van der Waals surface area contributed by atoms with Crippen LogP contribution in [-0.2, 0) is 4.79 Å².